The van der Waals surface area contributed by atoms with Gasteiger partial charge >= 0.3 is 0 Å². The number of nitrogens with zero attached hydrogens (tertiary/aromatic N) is 2. The van der Waals surface area contributed by atoms with Gasteiger partial charge in [-0.2, -0.15) is 5.10 Å². The van der Waals surface area contributed by atoms with E-state index in [-0.39, 0.29) is 11.9 Å². The van der Waals surface area contributed by atoms with Crippen LogP contribution in [-0.2, 0) is 0 Å². The molecule has 0 unspecified atom stereocenters. The summed E-state index contributed by atoms with van der Waals surface area (Å²) in [6, 6.07) is 23.8. The molecule has 1 aliphatic heterocycles. The number of rotatable bonds is 3. The molecule has 0 saturated carbocycles. The van der Waals surface area contributed by atoms with E-state index in [1.165, 1.54) is 0 Å². The number of carbonyl (C=O) groups is 1. The highest BCUT2D eigenvalue weighted by molar-refractivity contribution is 7.13. The zero-order valence-corrected chi connectivity index (χ0v) is 14.6. The Labute approximate surface area is 154 Å². The number of para-hydroxylation sites is 1. The fourth-order valence-electron chi connectivity index (χ4n) is 3.55. The predicted octanol–water partition coefficient (Wildman–Crippen LogP) is 4.89. The molecule has 2 aromatic heterocycles. The van der Waals surface area contributed by atoms with Crippen molar-refractivity contribution in [1.82, 2.24) is 10.2 Å². The first-order chi connectivity index (χ1) is 12.8. The smallest absolute Gasteiger partial charge is 0.280 e. The first-order valence-corrected chi connectivity index (χ1v) is 9.28. The average Bonchev–Trinajstić information content (AvgIpc) is 3.40. The van der Waals surface area contributed by atoms with Crippen molar-refractivity contribution < 1.29 is 4.79 Å². The van der Waals surface area contributed by atoms with Gasteiger partial charge in [-0.15, -0.1) is 11.3 Å². The molecule has 2 aromatic carbocycles. The van der Waals surface area contributed by atoms with E-state index in [1.54, 1.807) is 11.3 Å². The molecule has 0 saturated heterocycles. The first kappa shape index (κ1) is 15.1. The van der Waals surface area contributed by atoms with Gasteiger partial charge in [-0.25, -0.2) is 0 Å². The highest BCUT2D eigenvalue weighted by Gasteiger charge is 2.43. The number of hydrogen-bond acceptors (Lipinski definition) is 3. The summed E-state index contributed by atoms with van der Waals surface area (Å²) in [5.74, 6) is -0.0703. The highest BCUT2D eigenvalue weighted by atomic mass is 32.1. The van der Waals surface area contributed by atoms with Gasteiger partial charge in [-0.05, 0) is 29.1 Å². The second-order valence-electron chi connectivity index (χ2n) is 6.16. The molecule has 0 fully saturated rings. The van der Waals surface area contributed by atoms with Crippen molar-refractivity contribution in [2.24, 2.45) is 0 Å². The molecule has 3 heterocycles. The molecule has 4 nitrogen and oxygen atoms in total. The molecule has 126 valence electrons. The Morgan fingerprint density at radius 3 is 2.35 bits per heavy atom. The minimum absolute atomic E-state index is 0.0703. The Morgan fingerprint density at radius 2 is 1.65 bits per heavy atom. The van der Waals surface area contributed by atoms with Gasteiger partial charge < -0.3 is 0 Å². The summed E-state index contributed by atoms with van der Waals surface area (Å²) in [7, 11) is 0. The van der Waals surface area contributed by atoms with Crippen LogP contribution in [0.3, 0.4) is 0 Å². The first-order valence-electron chi connectivity index (χ1n) is 8.40. The van der Waals surface area contributed by atoms with E-state index in [9.17, 15) is 4.79 Å². The summed E-state index contributed by atoms with van der Waals surface area (Å²) in [6.45, 7) is 0. The molecule has 1 N–H and O–H groups in total. The highest BCUT2D eigenvalue weighted by Crippen LogP contribution is 2.45. The number of carbonyl (C=O) groups excluding carboxylic acids is 1. The monoisotopic (exact) mass is 357 g/mol. The molecule has 1 amide bonds. The molecule has 0 spiro atoms. The molecule has 26 heavy (non-hydrogen) atoms. The van der Waals surface area contributed by atoms with Crippen LogP contribution in [0.25, 0.3) is 10.6 Å². The van der Waals surface area contributed by atoms with Crippen LogP contribution in [0.4, 0.5) is 5.69 Å². The maximum atomic E-state index is 13.2. The Bertz CT molecular complexity index is 1060. The molecule has 1 aliphatic rings. The van der Waals surface area contributed by atoms with Gasteiger partial charge in [0.25, 0.3) is 5.91 Å². The molecule has 0 bridgehead atoms. The molecular formula is C21H15N3OS. The summed E-state index contributed by atoms with van der Waals surface area (Å²) < 4.78 is 0. The van der Waals surface area contributed by atoms with Crippen LogP contribution in [0.5, 0.6) is 0 Å². The normalized spacial score (nSPS) is 16.1. The van der Waals surface area contributed by atoms with Crippen molar-refractivity contribution in [3.05, 3.63) is 95.0 Å². The number of amides is 1. The molecule has 0 radical (unpaired) electrons. The van der Waals surface area contributed by atoms with Crippen LogP contribution in [0.2, 0.25) is 0 Å². The van der Waals surface area contributed by atoms with Crippen molar-refractivity contribution in [3.8, 4) is 10.6 Å². The average molecular weight is 357 g/mol. The van der Waals surface area contributed by atoms with Crippen molar-refractivity contribution >= 4 is 22.9 Å². The standard InChI is InChI=1S/C21H15N3OS/c25-21-19-17(18(22-23-19)16-12-7-13-26-16)20(14-8-3-1-4-9-14)24(21)15-10-5-2-6-11-15/h1-13,20H,(H,22,23)/t20-/m0/s1. The fraction of sp³-hybridized carbons (Fsp3) is 0.0476. The van der Waals surface area contributed by atoms with Crippen molar-refractivity contribution in [2.75, 3.05) is 4.90 Å². The summed E-state index contributed by atoms with van der Waals surface area (Å²) >= 11 is 1.64. The maximum absolute atomic E-state index is 13.2. The Hall–Kier alpha value is -3.18. The third kappa shape index (κ3) is 2.21. The second kappa shape index (κ2) is 5.97. The Balaban J connectivity index is 1.75. The fourth-order valence-corrected chi connectivity index (χ4v) is 4.29. The minimum atomic E-state index is -0.197. The number of aromatic amines is 1. The summed E-state index contributed by atoms with van der Waals surface area (Å²) in [4.78, 5) is 16.1. The number of thiophene rings is 1. The van der Waals surface area contributed by atoms with Crippen LogP contribution in [-0.4, -0.2) is 16.1 Å². The summed E-state index contributed by atoms with van der Waals surface area (Å²) in [5.41, 5.74) is 4.33. The van der Waals surface area contributed by atoms with Gasteiger partial charge in [-0.1, -0.05) is 54.6 Å². The number of nitrogens with one attached hydrogen (secondary N) is 1. The van der Waals surface area contributed by atoms with Gasteiger partial charge in [0.15, 0.2) is 5.69 Å². The minimum Gasteiger partial charge on any atom is -0.295 e. The third-order valence-corrected chi connectivity index (χ3v) is 5.56. The van der Waals surface area contributed by atoms with E-state index in [0.29, 0.717) is 5.69 Å². The Morgan fingerprint density at radius 1 is 0.923 bits per heavy atom. The number of benzene rings is 2. The van der Waals surface area contributed by atoms with Crippen LogP contribution in [0.1, 0.15) is 27.7 Å². The molecule has 0 aliphatic carbocycles. The van der Waals surface area contributed by atoms with Crippen LogP contribution in [0, 0.1) is 0 Å². The molecule has 5 rings (SSSR count). The zero-order valence-electron chi connectivity index (χ0n) is 13.8. The maximum Gasteiger partial charge on any atom is 0.280 e. The van der Waals surface area contributed by atoms with Gasteiger partial charge in [0.05, 0.1) is 16.6 Å². The quantitative estimate of drug-likeness (QED) is 0.568. The number of aromatic nitrogens is 2. The molecule has 1 atom stereocenters. The molecule has 5 heteroatoms. The van der Waals surface area contributed by atoms with Crippen LogP contribution >= 0.6 is 11.3 Å². The number of hydrogen-bond donors (Lipinski definition) is 1. The predicted molar refractivity (Wildman–Crippen MR) is 103 cm³/mol. The number of fused-ring (bicyclic) bond motifs is 1. The zero-order chi connectivity index (χ0) is 17.5. The van der Waals surface area contributed by atoms with E-state index >= 15 is 0 Å². The van der Waals surface area contributed by atoms with Crippen LogP contribution in [0.15, 0.2) is 78.2 Å². The second-order valence-corrected chi connectivity index (χ2v) is 7.11. The van der Waals surface area contributed by atoms with E-state index < -0.39 is 0 Å². The van der Waals surface area contributed by atoms with Crippen molar-refractivity contribution in [3.63, 3.8) is 0 Å². The molecule has 4 aromatic rings. The van der Waals surface area contributed by atoms with E-state index in [4.69, 9.17) is 0 Å². The lowest BCUT2D eigenvalue weighted by Crippen LogP contribution is -2.29. The van der Waals surface area contributed by atoms with E-state index in [0.717, 1.165) is 27.4 Å². The van der Waals surface area contributed by atoms with E-state index in [2.05, 4.69) is 28.4 Å². The van der Waals surface area contributed by atoms with Gasteiger partial charge in [0.1, 0.15) is 0 Å². The topological polar surface area (TPSA) is 49.0 Å². The van der Waals surface area contributed by atoms with Gasteiger partial charge in [0.2, 0.25) is 0 Å². The Kier molecular flexibility index (Phi) is 3.47. The number of H-pyrrole nitrogens is 1. The summed E-state index contributed by atoms with van der Waals surface area (Å²) in [5, 5.41) is 9.50. The SMILES string of the molecule is O=C1c2n[nH]c(-c3cccs3)c2[C@H](c2ccccc2)N1c1ccccc1. The van der Waals surface area contributed by atoms with Gasteiger partial charge in [0, 0.05) is 11.3 Å². The summed E-state index contributed by atoms with van der Waals surface area (Å²) in [6.07, 6.45) is 0. The lowest BCUT2D eigenvalue weighted by Gasteiger charge is -2.26. The lowest BCUT2D eigenvalue weighted by atomic mass is 9.98. The van der Waals surface area contributed by atoms with Crippen molar-refractivity contribution in [1.29, 1.82) is 0 Å². The largest absolute Gasteiger partial charge is 0.295 e. The third-order valence-electron chi connectivity index (χ3n) is 4.67. The number of anilines is 1. The van der Waals surface area contributed by atoms with Crippen LogP contribution < -0.4 is 4.90 Å². The molecular weight excluding hydrogens is 342 g/mol. The lowest BCUT2D eigenvalue weighted by molar-refractivity contribution is 0.0989. The van der Waals surface area contributed by atoms with Gasteiger partial charge in [-0.3, -0.25) is 14.8 Å². The van der Waals surface area contributed by atoms with Crippen molar-refractivity contribution in [2.45, 2.75) is 6.04 Å². The van der Waals surface area contributed by atoms with E-state index in [1.807, 2.05) is 64.9 Å².